The van der Waals surface area contributed by atoms with Crippen LogP contribution in [0.4, 0.5) is 0 Å². The molecular formula is C32H31NOS. The zero-order valence-electron chi connectivity index (χ0n) is 21.3. The Morgan fingerprint density at radius 1 is 0.914 bits per heavy atom. The number of aryl methyl sites for hydroxylation is 1. The van der Waals surface area contributed by atoms with Gasteiger partial charge in [0, 0.05) is 42.9 Å². The molecule has 0 aliphatic rings. The number of hydrogen-bond donors (Lipinski definition) is 0. The van der Waals surface area contributed by atoms with E-state index in [4.69, 9.17) is 9.40 Å². The van der Waals surface area contributed by atoms with Crippen LogP contribution in [0.3, 0.4) is 0 Å². The molecule has 0 fully saturated rings. The zero-order chi connectivity index (χ0) is 24.5. The van der Waals surface area contributed by atoms with Gasteiger partial charge in [0.15, 0.2) is 0 Å². The molecule has 3 heteroatoms. The lowest BCUT2D eigenvalue weighted by atomic mass is 9.82. The second-order valence-corrected chi connectivity index (χ2v) is 12.3. The van der Waals surface area contributed by atoms with Crippen molar-refractivity contribution in [3.63, 3.8) is 0 Å². The van der Waals surface area contributed by atoms with Crippen molar-refractivity contribution < 1.29 is 4.42 Å². The molecule has 35 heavy (non-hydrogen) atoms. The van der Waals surface area contributed by atoms with Crippen LogP contribution in [0.25, 0.3) is 53.2 Å². The molecule has 6 rings (SSSR count). The summed E-state index contributed by atoms with van der Waals surface area (Å²) in [5, 5.41) is 6.35. The minimum absolute atomic E-state index is 0.0342. The van der Waals surface area contributed by atoms with E-state index >= 15 is 0 Å². The van der Waals surface area contributed by atoms with Gasteiger partial charge in [0.1, 0.15) is 11.3 Å². The van der Waals surface area contributed by atoms with Crippen LogP contribution in [0.5, 0.6) is 0 Å². The number of aromatic nitrogens is 1. The molecule has 6 aromatic rings. The largest absolute Gasteiger partial charge is 0.461 e. The standard InChI is InChI=1S/C32H31NOS/c1-18(2)13-23-19(3)34-27-17-29-25(16-24(23)27)30-28(35-29)11-12-33-31(30)21-14-20-9-7-8-10-22(20)26(15-21)32(4,5)6/h7-12,14-18H,13H2,1-6H3. The van der Waals surface area contributed by atoms with Gasteiger partial charge in [-0.1, -0.05) is 58.9 Å². The molecule has 0 N–H and O–H groups in total. The highest BCUT2D eigenvalue weighted by molar-refractivity contribution is 7.26. The minimum atomic E-state index is 0.0342. The van der Waals surface area contributed by atoms with Crippen LogP contribution in [0.15, 0.2) is 65.2 Å². The highest BCUT2D eigenvalue weighted by Crippen LogP contribution is 2.43. The quantitative estimate of drug-likeness (QED) is 0.253. The van der Waals surface area contributed by atoms with E-state index in [0.717, 1.165) is 23.5 Å². The molecule has 0 atom stereocenters. The Kier molecular flexibility index (Phi) is 5.05. The summed E-state index contributed by atoms with van der Waals surface area (Å²) in [5.74, 6) is 1.62. The number of benzene rings is 3. The summed E-state index contributed by atoms with van der Waals surface area (Å²) in [7, 11) is 0. The van der Waals surface area contributed by atoms with Gasteiger partial charge in [-0.3, -0.25) is 4.98 Å². The molecule has 0 amide bonds. The number of furan rings is 1. The minimum Gasteiger partial charge on any atom is -0.461 e. The molecule has 3 aromatic carbocycles. The fourth-order valence-electron chi connectivity index (χ4n) is 5.43. The molecule has 0 aliphatic carbocycles. The van der Waals surface area contributed by atoms with Crippen molar-refractivity contribution in [1.29, 1.82) is 0 Å². The van der Waals surface area contributed by atoms with Crippen LogP contribution in [0, 0.1) is 12.8 Å². The molecule has 176 valence electrons. The van der Waals surface area contributed by atoms with Gasteiger partial charge in [0.2, 0.25) is 0 Å². The highest BCUT2D eigenvalue weighted by atomic mass is 32.1. The summed E-state index contributed by atoms with van der Waals surface area (Å²) in [6.45, 7) is 13.5. The summed E-state index contributed by atoms with van der Waals surface area (Å²) in [6.07, 6.45) is 2.98. The summed E-state index contributed by atoms with van der Waals surface area (Å²) < 4.78 is 8.73. The molecule has 3 aromatic heterocycles. The lowest BCUT2D eigenvalue weighted by molar-refractivity contribution is 0.560. The number of fused-ring (bicyclic) bond motifs is 5. The third kappa shape index (κ3) is 3.65. The van der Waals surface area contributed by atoms with Crippen molar-refractivity contribution >= 4 is 53.3 Å². The Hall–Kier alpha value is -3.17. The zero-order valence-corrected chi connectivity index (χ0v) is 22.1. The molecule has 0 bridgehead atoms. The van der Waals surface area contributed by atoms with E-state index in [2.05, 4.69) is 96.1 Å². The first-order valence-electron chi connectivity index (χ1n) is 12.5. The molecule has 0 radical (unpaired) electrons. The normalized spacial score (nSPS) is 12.7. The fourth-order valence-corrected chi connectivity index (χ4v) is 6.55. The summed E-state index contributed by atoms with van der Waals surface area (Å²) in [6, 6.07) is 20.1. The second-order valence-electron chi connectivity index (χ2n) is 11.2. The van der Waals surface area contributed by atoms with Gasteiger partial charge in [-0.25, -0.2) is 0 Å². The Balaban J connectivity index is 1.67. The van der Waals surface area contributed by atoms with Gasteiger partial charge in [-0.2, -0.15) is 0 Å². The third-order valence-corrected chi connectivity index (χ3v) is 8.17. The molecule has 2 nitrogen and oxygen atoms in total. The monoisotopic (exact) mass is 477 g/mol. The van der Waals surface area contributed by atoms with Crippen molar-refractivity contribution in [2.75, 3.05) is 0 Å². The molecule has 0 saturated heterocycles. The Morgan fingerprint density at radius 3 is 2.49 bits per heavy atom. The van der Waals surface area contributed by atoms with E-state index < -0.39 is 0 Å². The maximum atomic E-state index is 6.21. The van der Waals surface area contributed by atoms with Gasteiger partial charge < -0.3 is 4.42 Å². The van der Waals surface area contributed by atoms with Gasteiger partial charge in [0.05, 0.1) is 5.69 Å². The highest BCUT2D eigenvalue weighted by Gasteiger charge is 2.21. The first-order valence-corrected chi connectivity index (χ1v) is 13.3. The number of rotatable bonds is 3. The molecule has 0 spiro atoms. The van der Waals surface area contributed by atoms with Crippen molar-refractivity contribution in [3.8, 4) is 11.3 Å². The van der Waals surface area contributed by atoms with Crippen LogP contribution in [0.2, 0.25) is 0 Å². The molecule has 0 aliphatic heterocycles. The molecule has 0 saturated carbocycles. The van der Waals surface area contributed by atoms with E-state index in [-0.39, 0.29) is 5.41 Å². The van der Waals surface area contributed by atoms with E-state index in [0.29, 0.717) is 5.92 Å². The van der Waals surface area contributed by atoms with E-state index in [1.807, 2.05) is 17.5 Å². The average Bonchev–Trinajstić information content (AvgIpc) is 3.32. The van der Waals surface area contributed by atoms with E-state index in [9.17, 15) is 0 Å². The predicted molar refractivity (Wildman–Crippen MR) is 152 cm³/mol. The topological polar surface area (TPSA) is 26.0 Å². The van der Waals surface area contributed by atoms with E-state index in [1.165, 1.54) is 53.0 Å². The SMILES string of the molecule is Cc1oc2cc3sc4ccnc(-c5cc(C(C)(C)C)c6ccccc6c5)c4c3cc2c1CC(C)C. The number of nitrogens with zero attached hydrogens (tertiary/aromatic N) is 1. The van der Waals surface area contributed by atoms with Crippen LogP contribution >= 0.6 is 11.3 Å². The first kappa shape index (κ1) is 22.3. The summed E-state index contributed by atoms with van der Waals surface area (Å²) >= 11 is 1.83. The molecule has 3 heterocycles. The Labute approximate surface area is 210 Å². The first-order chi connectivity index (χ1) is 16.7. The fraction of sp³-hybridized carbons (Fsp3) is 0.281. The molecular weight excluding hydrogens is 446 g/mol. The smallest absolute Gasteiger partial charge is 0.136 e. The Bertz CT molecular complexity index is 1740. The Morgan fingerprint density at radius 2 is 1.71 bits per heavy atom. The van der Waals surface area contributed by atoms with Gasteiger partial charge in [0.25, 0.3) is 0 Å². The second kappa shape index (κ2) is 7.93. The van der Waals surface area contributed by atoms with Crippen LogP contribution < -0.4 is 0 Å². The van der Waals surface area contributed by atoms with Crippen LogP contribution in [0.1, 0.15) is 51.5 Å². The van der Waals surface area contributed by atoms with Crippen LogP contribution in [-0.2, 0) is 11.8 Å². The number of pyridine rings is 1. The predicted octanol–water partition coefficient (Wildman–Crippen LogP) is 9.82. The lowest BCUT2D eigenvalue weighted by Gasteiger charge is -2.23. The summed E-state index contributed by atoms with van der Waals surface area (Å²) in [4.78, 5) is 4.97. The average molecular weight is 478 g/mol. The third-order valence-electron chi connectivity index (χ3n) is 7.05. The maximum Gasteiger partial charge on any atom is 0.136 e. The number of hydrogen-bond acceptors (Lipinski definition) is 3. The van der Waals surface area contributed by atoms with Crippen molar-refractivity contribution in [2.45, 2.75) is 53.4 Å². The van der Waals surface area contributed by atoms with Crippen LogP contribution in [-0.4, -0.2) is 4.98 Å². The van der Waals surface area contributed by atoms with Crippen molar-refractivity contribution in [2.24, 2.45) is 5.92 Å². The van der Waals surface area contributed by atoms with E-state index in [1.54, 1.807) is 0 Å². The molecule has 0 unspecified atom stereocenters. The maximum absolute atomic E-state index is 6.21. The van der Waals surface area contributed by atoms with Gasteiger partial charge >= 0.3 is 0 Å². The van der Waals surface area contributed by atoms with Crippen molar-refractivity contribution in [3.05, 3.63) is 77.7 Å². The van der Waals surface area contributed by atoms with Gasteiger partial charge in [-0.05, 0) is 71.3 Å². The number of thiophene rings is 1. The van der Waals surface area contributed by atoms with Gasteiger partial charge in [-0.15, -0.1) is 11.3 Å². The lowest BCUT2D eigenvalue weighted by Crippen LogP contribution is -2.12. The van der Waals surface area contributed by atoms with Crippen molar-refractivity contribution in [1.82, 2.24) is 4.98 Å². The summed E-state index contributed by atoms with van der Waals surface area (Å²) in [5.41, 5.74) is 5.97.